The molecule has 0 aliphatic carbocycles. The summed E-state index contributed by atoms with van der Waals surface area (Å²) in [5.41, 5.74) is 0. The van der Waals surface area contributed by atoms with Gasteiger partial charge >= 0.3 is 0 Å². The zero-order valence-corrected chi connectivity index (χ0v) is 12.8. The first-order valence-corrected chi connectivity index (χ1v) is 9.37. The van der Waals surface area contributed by atoms with Crippen LogP contribution in [0.4, 0.5) is 0 Å². The average Bonchev–Trinajstić information content (AvgIpc) is 2.85. The van der Waals surface area contributed by atoms with Crippen LogP contribution in [0.15, 0.2) is 0 Å². The second kappa shape index (κ2) is 5.99. The number of hydrogen-bond acceptors (Lipinski definition) is 6. The predicted molar refractivity (Wildman–Crippen MR) is 74.9 cm³/mol. The van der Waals surface area contributed by atoms with E-state index in [0.29, 0.717) is 25.3 Å². The van der Waals surface area contributed by atoms with Gasteiger partial charge in [-0.05, 0) is 6.42 Å². The highest BCUT2D eigenvalue weighted by Crippen LogP contribution is 2.23. The van der Waals surface area contributed by atoms with Crippen LogP contribution in [-0.4, -0.2) is 74.7 Å². The third-order valence-electron chi connectivity index (χ3n) is 3.58. The van der Waals surface area contributed by atoms with E-state index in [1.165, 1.54) is 11.2 Å². The maximum Gasteiger partial charge on any atom is 0.240 e. The highest BCUT2D eigenvalue weighted by atomic mass is 32.2. The monoisotopic (exact) mass is 308 g/mol. The third kappa shape index (κ3) is 3.42. The summed E-state index contributed by atoms with van der Waals surface area (Å²) in [5, 5.41) is 2.42. The minimum Gasteiger partial charge on any atom is -0.380 e. The van der Waals surface area contributed by atoms with E-state index < -0.39 is 15.2 Å². The number of carbonyl (C=O) groups is 1. The summed E-state index contributed by atoms with van der Waals surface area (Å²) < 4.78 is 28.8. The van der Waals surface area contributed by atoms with Crippen LogP contribution in [-0.2, 0) is 19.4 Å². The fraction of sp³-hybridized carbons (Fsp3) is 0.909. The molecule has 0 aromatic carbocycles. The normalized spacial score (nSPS) is 32.5. The topological polar surface area (TPSA) is 75.7 Å². The second-order valence-corrected chi connectivity index (χ2v) is 8.30. The quantitative estimate of drug-likeness (QED) is 0.744. The molecule has 0 radical (unpaired) electrons. The molecule has 8 heteroatoms. The van der Waals surface area contributed by atoms with Crippen molar-refractivity contribution in [1.82, 2.24) is 10.2 Å². The molecule has 2 saturated heterocycles. The number of rotatable bonds is 3. The minimum atomic E-state index is -3.24. The van der Waals surface area contributed by atoms with Gasteiger partial charge in [-0.15, -0.1) is 0 Å². The first kappa shape index (κ1) is 15.1. The van der Waals surface area contributed by atoms with Crippen molar-refractivity contribution >= 4 is 27.5 Å². The molecule has 2 fully saturated rings. The number of nitrogens with one attached hydrogen (secondary N) is 1. The molecule has 110 valence electrons. The Bertz CT molecular complexity index is 440. The van der Waals surface area contributed by atoms with Crippen molar-refractivity contribution in [3.8, 4) is 0 Å². The minimum absolute atomic E-state index is 0.0322. The Hall–Kier alpha value is -0.310. The van der Waals surface area contributed by atoms with Gasteiger partial charge in [-0.2, -0.15) is 11.8 Å². The SMILES string of the molecule is COC1CNC(C(=O)N2CCSCC2S(C)(=O)=O)C1. The molecule has 1 N–H and O–H groups in total. The molecule has 0 aromatic rings. The lowest BCUT2D eigenvalue weighted by Crippen LogP contribution is -2.54. The Kier molecular flexibility index (Phi) is 4.75. The molecule has 6 nitrogen and oxygen atoms in total. The van der Waals surface area contributed by atoms with E-state index >= 15 is 0 Å². The zero-order chi connectivity index (χ0) is 14.0. The summed E-state index contributed by atoms with van der Waals surface area (Å²) in [5.74, 6) is 1.14. The van der Waals surface area contributed by atoms with E-state index in [4.69, 9.17) is 4.74 Å². The molecule has 3 unspecified atom stereocenters. The number of methoxy groups -OCH3 is 1. The van der Waals surface area contributed by atoms with Gasteiger partial charge in [-0.25, -0.2) is 8.42 Å². The van der Waals surface area contributed by atoms with E-state index in [1.807, 2.05) is 0 Å². The lowest BCUT2D eigenvalue weighted by atomic mass is 10.2. The molecule has 0 spiro atoms. The molecule has 0 aromatic heterocycles. The molecule has 19 heavy (non-hydrogen) atoms. The van der Waals surface area contributed by atoms with Gasteiger partial charge in [0.25, 0.3) is 0 Å². The molecule has 2 rings (SSSR count). The largest absolute Gasteiger partial charge is 0.380 e. The van der Waals surface area contributed by atoms with Gasteiger partial charge in [0.05, 0.1) is 12.1 Å². The molecule has 0 saturated carbocycles. The number of sulfone groups is 1. The molecule has 1 amide bonds. The van der Waals surface area contributed by atoms with Gasteiger partial charge in [0.2, 0.25) is 5.91 Å². The summed E-state index contributed by atoms with van der Waals surface area (Å²) in [6, 6.07) is -0.322. The van der Waals surface area contributed by atoms with Crippen LogP contribution in [0.5, 0.6) is 0 Å². The Morgan fingerprint density at radius 2 is 2.21 bits per heavy atom. The molecule has 3 atom stereocenters. The van der Waals surface area contributed by atoms with Gasteiger partial charge in [0.1, 0.15) is 5.37 Å². The summed E-state index contributed by atoms with van der Waals surface area (Å²) in [4.78, 5) is 14.0. The van der Waals surface area contributed by atoms with E-state index in [0.717, 1.165) is 5.75 Å². The maximum atomic E-state index is 12.5. The van der Waals surface area contributed by atoms with Crippen molar-refractivity contribution in [2.75, 3.05) is 38.0 Å². The lowest BCUT2D eigenvalue weighted by molar-refractivity contribution is -0.133. The van der Waals surface area contributed by atoms with Gasteiger partial charge in [-0.1, -0.05) is 0 Å². The Morgan fingerprint density at radius 3 is 2.79 bits per heavy atom. The maximum absolute atomic E-state index is 12.5. The van der Waals surface area contributed by atoms with Crippen molar-refractivity contribution in [2.24, 2.45) is 0 Å². The van der Waals surface area contributed by atoms with E-state index in [1.54, 1.807) is 18.9 Å². The molecule has 2 aliphatic heterocycles. The number of nitrogens with zero attached hydrogens (tertiary/aromatic N) is 1. The Labute approximate surface area is 118 Å². The van der Waals surface area contributed by atoms with Gasteiger partial charge in [0.15, 0.2) is 9.84 Å². The van der Waals surface area contributed by atoms with Crippen LogP contribution in [0.2, 0.25) is 0 Å². The van der Waals surface area contributed by atoms with Crippen LogP contribution < -0.4 is 5.32 Å². The number of thioether (sulfide) groups is 1. The van der Waals surface area contributed by atoms with Crippen LogP contribution in [0.1, 0.15) is 6.42 Å². The Balaban J connectivity index is 2.08. The standard InChI is InChI=1S/C11H20N2O4S2/c1-17-8-5-9(12-6-8)11(14)13-3-4-18-7-10(13)19(2,15)16/h8-10,12H,3-7H2,1-2H3. The van der Waals surface area contributed by atoms with Gasteiger partial charge in [0, 0.05) is 38.0 Å². The first-order chi connectivity index (χ1) is 8.93. The third-order valence-corrected chi connectivity index (χ3v) is 6.23. The summed E-state index contributed by atoms with van der Waals surface area (Å²) >= 11 is 1.58. The van der Waals surface area contributed by atoms with Crippen molar-refractivity contribution in [1.29, 1.82) is 0 Å². The highest BCUT2D eigenvalue weighted by Gasteiger charge is 2.39. The number of hydrogen-bond donors (Lipinski definition) is 1. The summed E-state index contributed by atoms with van der Waals surface area (Å²) in [6.45, 7) is 1.14. The van der Waals surface area contributed by atoms with E-state index in [2.05, 4.69) is 5.32 Å². The molecular formula is C11H20N2O4S2. The van der Waals surface area contributed by atoms with Crippen molar-refractivity contribution in [3.63, 3.8) is 0 Å². The molecule has 0 bridgehead atoms. The van der Waals surface area contributed by atoms with Crippen molar-refractivity contribution < 1.29 is 17.9 Å². The average molecular weight is 308 g/mol. The Morgan fingerprint density at radius 1 is 1.47 bits per heavy atom. The first-order valence-electron chi connectivity index (χ1n) is 6.26. The van der Waals surface area contributed by atoms with Crippen molar-refractivity contribution in [2.45, 2.75) is 23.9 Å². The summed E-state index contributed by atoms with van der Waals surface area (Å²) in [7, 11) is -1.62. The number of ether oxygens (including phenoxy) is 1. The molecular weight excluding hydrogens is 288 g/mol. The van der Waals surface area contributed by atoms with Crippen LogP contribution in [0, 0.1) is 0 Å². The smallest absolute Gasteiger partial charge is 0.240 e. The van der Waals surface area contributed by atoms with Gasteiger partial charge < -0.3 is 15.0 Å². The van der Waals surface area contributed by atoms with Crippen LogP contribution in [0.25, 0.3) is 0 Å². The summed E-state index contributed by atoms with van der Waals surface area (Å²) in [6.07, 6.45) is 1.84. The lowest BCUT2D eigenvalue weighted by Gasteiger charge is -2.35. The van der Waals surface area contributed by atoms with Crippen molar-refractivity contribution in [3.05, 3.63) is 0 Å². The van der Waals surface area contributed by atoms with E-state index in [-0.39, 0.29) is 18.1 Å². The fourth-order valence-corrected chi connectivity index (χ4v) is 5.28. The van der Waals surface area contributed by atoms with Gasteiger partial charge in [-0.3, -0.25) is 4.79 Å². The predicted octanol–water partition coefficient (Wildman–Crippen LogP) is -0.691. The molecule has 2 heterocycles. The van der Waals surface area contributed by atoms with E-state index in [9.17, 15) is 13.2 Å². The van der Waals surface area contributed by atoms with Crippen LogP contribution in [0.3, 0.4) is 0 Å². The van der Waals surface area contributed by atoms with Crippen LogP contribution >= 0.6 is 11.8 Å². The zero-order valence-electron chi connectivity index (χ0n) is 11.2. The fourth-order valence-electron chi connectivity index (χ4n) is 2.46. The second-order valence-electron chi connectivity index (χ2n) is 4.94. The molecule has 2 aliphatic rings. The highest BCUT2D eigenvalue weighted by molar-refractivity contribution is 8.00. The number of carbonyl (C=O) groups excluding carboxylic acids is 1. The number of amides is 1.